The highest BCUT2D eigenvalue weighted by Crippen LogP contribution is 2.24. The van der Waals surface area contributed by atoms with Gasteiger partial charge in [0.15, 0.2) is 5.82 Å². The highest BCUT2D eigenvalue weighted by molar-refractivity contribution is 5.89. The number of hydrogen-bond acceptors (Lipinski definition) is 6. The molecule has 1 aromatic heterocycles. The van der Waals surface area contributed by atoms with Gasteiger partial charge in [0.05, 0.1) is 11.8 Å². The van der Waals surface area contributed by atoms with E-state index in [9.17, 15) is 14.3 Å². The average Bonchev–Trinajstić information content (AvgIpc) is 3.20. The number of aromatic nitrogens is 2. The van der Waals surface area contributed by atoms with Crippen molar-refractivity contribution in [2.75, 3.05) is 23.3 Å². The quantitative estimate of drug-likeness (QED) is 0.578. The van der Waals surface area contributed by atoms with Gasteiger partial charge in [-0.2, -0.15) is 4.98 Å². The largest absolute Gasteiger partial charge is 0.393 e. The zero-order valence-electron chi connectivity index (χ0n) is 17.1. The van der Waals surface area contributed by atoms with E-state index in [1.807, 2.05) is 11.0 Å². The van der Waals surface area contributed by atoms with E-state index < -0.39 is 6.03 Å². The van der Waals surface area contributed by atoms with Crippen LogP contribution in [0.3, 0.4) is 0 Å². The normalized spacial score (nSPS) is 14.5. The molecule has 0 unspecified atom stereocenters. The maximum Gasteiger partial charge on any atom is 0.319 e. The van der Waals surface area contributed by atoms with Crippen molar-refractivity contribution in [3.8, 4) is 11.5 Å². The number of anilines is 2. The summed E-state index contributed by atoms with van der Waals surface area (Å²) in [5, 5.41) is 18.8. The molecule has 1 aliphatic heterocycles. The predicted octanol–water partition coefficient (Wildman–Crippen LogP) is 3.47. The molecule has 2 aromatic carbocycles. The lowest BCUT2D eigenvalue weighted by molar-refractivity contribution is 0.145. The number of aliphatic hydroxyl groups excluding tert-OH is 1. The molecule has 162 valence electrons. The van der Waals surface area contributed by atoms with E-state index in [2.05, 4.69) is 20.8 Å². The maximum atomic E-state index is 14.6. The fourth-order valence-corrected chi connectivity index (χ4v) is 3.53. The molecule has 0 spiro atoms. The van der Waals surface area contributed by atoms with E-state index in [1.54, 1.807) is 37.3 Å². The minimum Gasteiger partial charge on any atom is -0.393 e. The van der Waals surface area contributed by atoms with Crippen molar-refractivity contribution in [2.45, 2.75) is 32.4 Å². The molecule has 9 heteroatoms. The van der Waals surface area contributed by atoms with Crippen LogP contribution >= 0.6 is 0 Å². The van der Waals surface area contributed by atoms with Gasteiger partial charge in [0, 0.05) is 30.9 Å². The summed E-state index contributed by atoms with van der Waals surface area (Å²) in [6.07, 6.45) is 0.963. The number of amides is 2. The predicted molar refractivity (Wildman–Crippen MR) is 114 cm³/mol. The monoisotopic (exact) mass is 425 g/mol. The fraction of sp³-hybridized carbons (Fsp3) is 0.318. The number of carbonyl (C=O) groups is 1. The molecule has 0 atom stereocenters. The zero-order valence-corrected chi connectivity index (χ0v) is 17.1. The molecular weight excluding hydrogens is 401 g/mol. The van der Waals surface area contributed by atoms with Gasteiger partial charge in [-0.3, -0.25) is 0 Å². The lowest BCUT2D eigenvalue weighted by Crippen LogP contribution is -2.36. The van der Waals surface area contributed by atoms with E-state index in [4.69, 9.17) is 4.52 Å². The molecule has 31 heavy (non-hydrogen) atoms. The Hall–Kier alpha value is -3.46. The third-order valence-electron chi connectivity index (χ3n) is 5.17. The molecule has 1 saturated heterocycles. The van der Waals surface area contributed by atoms with Crippen LogP contribution in [0.15, 0.2) is 47.0 Å². The minimum absolute atomic E-state index is 0.185. The number of rotatable bonds is 5. The van der Waals surface area contributed by atoms with Crippen LogP contribution < -0.4 is 15.5 Å². The topological polar surface area (TPSA) is 104 Å². The van der Waals surface area contributed by atoms with Gasteiger partial charge in [-0.25, -0.2) is 9.18 Å². The molecule has 2 heterocycles. The van der Waals surface area contributed by atoms with Crippen molar-refractivity contribution in [2.24, 2.45) is 0 Å². The lowest BCUT2D eigenvalue weighted by atomic mass is 10.1. The highest BCUT2D eigenvalue weighted by atomic mass is 19.1. The second kappa shape index (κ2) is 9.13. The smallest absolute Gasteiger partial charge is 0.319 e. The van der Waals surface area contributed by atoms with Crippen LogP contribution in [0.2, 0.25) is 0 Å². The van der Waals surface area contributed by atoms with Gasteiger partial charge >= 0.3 is 6.03 Å². The summed E-state index contributed by atoms with van der Waals surface area (Å²) in [6, 6.07) is 11.6. The van der Waals surface area contributed by atoms with Crippen molar-refractivity contribution >= 4 is 17.4 Å². The first-order valence-corrected chi connectivity index (χ1v) is 10.1. The Bertz CT molecular complexity index is 1060. The third kappa shape index (κ3) is 5.18. The Morgan fingerprint density at radius 1 is 1.26 bits per heavy atom. The molecule has 0 radical (unpaired) electrons. The van der Waals surface area contributed by atoms with Crippen molar-refractivity contribution < 1.29 is 18.8 Å². The van der Waals surface area contributed by atoms with E-state index in [1.165, 1.54) is 6.07 Å². The van der Waals surface area contributed by atoms with Crippen molar-refractivity contribution in [1.82, 2.24) is 15.5 Å². The van der Waals surface area contributed by atoms with Crippen LogP contribution in [0.25, 0.3) is 11.5 Å². The molecule has 0 bridgehead atoms. The Balaban J connectivity index is 1.33. The van der Waals surface area contributed by atoms with Crippen molar-refractivity contribution in [3.63, 3.8) is 0 Å². The number of aryl methyl sites for hydroxylation is 1. The number of benzene rings is 2. The number of nitrogens with one attached hydrogen (secondary N) is 2. The molecule has 1 aliphatic rings. The molecule has 3 aromatic rings. The first kappa shape index (κ1) is 20.8. The molecular formula is C22H24FN5O3. The van der Waals surface area contributed by atoms with Gasteiger partial charge in [-0.05, 0) is 55.7 Å². The Morgan fingerprint density at radius 2 is 2.06 bits per heavy atom. The van der Waals surface area contributed by atoms with Gasteiger partial charge in [-0.1, -0.05) is 17.3 Å². The standard InChI is InChI=1S/C22H24FN5O3/c1-14-25-21(31-27-14)16-3-2-4-17(12-16)26-22(30)24-13-15-5-6-20(19(23)11-15)28-9-7-18(29)8-10-28/h2-6,11-12,18,29H,7-10,13H2,1H3,(H2,24,26,30). The first-order chi connectivity index (χ1) is 15.0. The van der Waals surface area contributed by atoms with E-state index in [0.717, 1.165) is 0 Å². The van der Waals surface area contributed by atoms with E-state index >= 15 is 0 Å². The Kier molecular flexibility index (Phi) is 6.13. The number of carbonyl (C=O) groups excluding carboxylic acids is 1. The summed E-state index contributed by atoms with van der Waals surface area (Å²) in [7, 11) is 0. The Labute approximate surface area is 179 Å². The van der Waals surface area contributed by atoms with Crippen LogP contribution in [-0.2, 0) is 6.54 Å². The summed E-state index contributed by atoms with van der Waals surface area (Å²) >= 11 is 0. The van der Waals surface area contributed by atoms with Gasteiger partial charge in [0.25, 0.3) is 5.89 Å². The molecule has 3 N–H and O–H groups in total. The number of urea groups is 1. The molecule has 8 nitrogen and oxygen atoms in total. The molecule has 2 amide bonds. The number of nitrogens with zero attached hydrogens (tertiary/aromatic N) is 3. The van der Waals surface area contributed by atoms with Crippen molar-refractivity contribution in [1.29, 1.82) is 0 Å². The molecule has 4 rings (SSSR count). The Morgan fingerprint density at radius 3 is 2.77 bits per heavy atom. The number of piperidine rings is 1. The fourth-order valence-electron chi connectivity index (χ4n) is 3.53. The summed E-state index contributed by atoms with van der Waals surface area (Å²) in [5.41, 5.74) is 2.44. The molecule has 0 saturated carbocycles. The van der Waals surface area contributed by atoms with E-state index in [0.29, 0.717) is 60.1 Å². The SMILES string of the molecule is Cc1noc(-c2cccc(NC(=O)NCc3ccc(N4CCC(O)CC4)c(F)c3)c2)n1. The van der Waals surface area contributed by atoms with Gasteiger partial charge in [0.1, 0.15) is 5.82 Å². The van der Waals surface area contributed by atoms with Crippen LogP contribution in [-0.4, -0.2) is 40.5 Å². The summed E-state index contributed by atoms with van der Waals surface area (Å²) in [6.45, 7) is 3.17. The van der Waals surface area contributed by atoms with Crippen LogP contribution in [0.4, 0.5) is 20.6 Å². The number of halogens is 1. The van der Waals surface area contributed by atoms with Crippen LogP contribution in [0.5, 0.6) is 0 Å². The zero-order chi connectivity index (χ0) is 21.8. The second-order valence-electron chi connectivity index (χ2n) is 7.54. The number of aliphatic hydroxyl groups is 1. The van der Waals surface area contributed by atoms with Crippen LogP contribution in [0.1, 0.15) is 24.2 Å². The second-order valence-corrected chi connectivity index (χ2v) is 7.54. The van der Waals surface area contributed by atoms with E-state index in [-0.39, 0.29) is 18.5 Å². The third-order valence-corrected chi connectivity index (χ3v) is 5.17. The maximum absolute atomic E-state index is 14.6. The molecule has 0 aliphatic carbocycles. The highest BCUT2D eigenvalue weighted by Gasteiger charge is 2.19. The number of hydrogen-bond donors (Lipinski definition) is 3. The first-order valence-electron chi connectivity index (χ1n) is 10.1. The summed E-state index contributed by atoms with van der Waals surface area (Å²) in [4.78, 5) is 18.4. The van der Waals surface area contributed by atoms with Gasteiger partial charge in [-0.15, -0.1) is 0 Å². The van der Waals surface area contributed by atoms with Gasteiger partial charge in [0.2, 0.25) is 0 Å². The van der Waals surface area contributed by atoms with Crippen LogP contribution in [0, 0.1) is 12.7 Å². The van der Waals surface area contributed by atoms with Gasteiger partial charge < -0.3 is 25.2 Å². The van der Waals surface area contributed by atoms with Crippen molar-refractivity contribution in [3.05, 3.63) is 59.7 Å². The summed E-state index contributed by atoms with van der Waals surface area (Å²) in [5.74, 6) is 0.571. The lowest BCUT2D eigenvalue weighted by Gasteiger charge is -2.31. The minimum atomic E-state index is -0.409. The average molecular weight is 425 g/mol. The summed E-state index contributed by atoms with van der Waals surface area (Å²) < 4.78 is 19.7. The molecule has 1 fully saturated rings.